The number of ether oxygens (including phenoxy) is 1. The van der Waals surface area contributed by atoms with Crippen molar-refractivity contribution in [3.8, 4) is 0 Å². The van der Waals surface area contributed by atoms with Crippen LogP contribution >= 0.6 is 11.3 Å². The SMILES string of the molecule is O=C(NC1CN(S(=O)(=O)O)C1=O)/C(=N\OCCCN1CCOCC1)c1cccs1. The van der Waals surface area contributed by atoms with Crippen molar-refractivity contribution in [2.75, 3.05) is 46.0 Å². The van der Waals surface area contributed by atoms with Gasteiger partial charge < -0.3 is 14.9 Å². The molecular formula is C16H22N4O7S2. The summed E-state index contributed by atoms with van der Waals surface area (Å²) in [5, 5.41) is 8.12. The molecule has 0 aromatic carbocycles. The van der Waals surface area contributed by atoms with Gasteiger partial charge in [0.05, 0.1) is 24.6 Å². The van der Waals surface area contributed by atoms with E-state index in [4.69, 9.17) is 14.1 Å². The second-order valence-electron chi connectivity index (χ2n) is 6.43. The zero-order valence-electron chi connectivity index (χ0n) is 15.5. The van der Waals surface area contributed by atoms with Crippen molar-refractivity contribution in [1.29, 1.82) is 0 Å². The lowest BCUT2D eigenvalue weighted by Crippen LogP contribution is -2.65. The van der Waals surface area contributed by atoms with Gasteiger partial charge in [0.15, 0.2) is 5.71 Å². The van der Waals surface area contributed by atoms with Crippen molar-refractivity contribution in [1.82, 2.24) is 14.5 Å². The van der Waals surface area contributed by atoms with Crippen molar-refractivity contribution >= 4 is 39.2 Å². The quantitative estimate of drug-likeness (QED) is 0.167. The summed E-state index contributed by atoms with van der Waals surface area (Å²) >= 11 is 1.28. The van der Waals surface area contributed by atoms with Crippen molar-refractivity contribution < 1.29 is 32.1 Å². The van der Waals surface area contributed by atoms with Crippen LogP contribution in [0, 0.1) is 0 Å². The first-order chi connectivity index (χ1) is 13.9. The number of β-lactam (4-membered cyclic amide) rings is 1. The molecule has 1 atom stereocenters. The summed E-state index contributed by atoms with van der Waals surface area (Å²) in [6.07, 6.45) is 0.729. The average molecular weight is 447 g/mol. The van der Waals surface area contributed by atoms with Crippen LogP contribution in [0.2, 0.25) is 0 Å². The molecule has 2 aliphatic heterocycles. The fourth-order valence-electron chi connectivity index (χ4n) is 2.84. The lowest BCUT2D eigenvalue weighted by Gasteiger charge is -2.35. The smallest absolute Gasteiger partial charge is 0.362 e. The number of amides is 2. The maximum Gasteiger partial charge on any atom is 0.362 e. The number of carbonyl (C=O) groups excluding carboxylic acids is 2. The first-order valence-corrected chi connectivity index (χ1v) is 11.3. The molecule has 1 aromatic rings. The summed E-state index contributed by atoms with van der Waals surface area (Å²) in [6, 6.07) is 2.39. The molecule has 0 aliphatic carbocycles. The Morgan fingerprint density at radius 1 is 1.41 bits per heavy atom. The zero-order chi connectivity index (χ0) is 20.9. The normalized spacial score (nSPS) is 21.0. The Morgan fingerprint density at radius 3 is 2.79 bits per heavy atom. The molecule has 0 radical (unpaired) electrons. The molecule has 1 unspecified atom stereocenters. The molecule has 0 spiro atoms. The Labute approximate surface area is 172 Å². The number of morpholine rings is 1. The Morgan fingerprint density at radius 2 is 2.17 bits per heavy atom. The van der Waals surface area contributed by atoms with Crippen molar-refractivity contribution in [2.24, 2.45) is 5.16 Å². The van der Waals surface area contributed by atoms with E-state index >= 15 is 0 Å². The molecule has 29 heavy (non-hydrogen) atoms. The van der Waals surface area contributed by atoms with Crippen LogP contribution in [0.1, 0.15) is 11.3 Å². The van der Waals surface area contributed by atoms with Gasteiger partial charge in [0.1, 0.15) is 12.6 Å². The van der Waals surface area contributed by atoms with Crippen molar-refractivity contribution in [3.05, 3.63) is 22.4 Å². The van der Waals surface area contributed by atoms with E-state index in [1.807, 2.05) is 0 Å². The second-order valence-corrected chi connectivity index (χ2v) is 8.72. The van der Waals surface area contributed by atoms with E-state index in [0.717, 1.165) is 39.3 Å². The third kappa shape index (κ3) is 5.73. The Bertz CT molecular complexity index is 851. The average Bonchev–Trinajstić information content (AvgIpc) is 3.21. The third-order valence-electron chi connectivity index (χ3n) is 4.42. The minimum Gasteiger partial charge on any atom is -0.395 e. The number of nitrogens with one attached hydrogen (secondary N) is 1. The molecule has 3 heterocycles. The van der Waals surface area contributed by atoms with Gasteiger partial charge in [-0.15, -0.1) is 11.3 Å². The molecular weight excluding hydrogens is 424 g/mol. The van der Waals surface area contributed by atoms with Crippen LogP contribution < -0.4 is 5.32 Å². The van der Waals surface area contributed by atoms with Gasteiger partial charge in [0.25, 0.3) is 11.8 Å². The van der Waals surface area contributed by atoms with Gasteiger partial charge in [-0.2, -0.15) is 8.42 Å². The fourth-order valence-corrected chi connectivity index (χ4v) is 4.23. The van der Waals surface area contributed by atoms with E-state index in [0.29, 0.717) is 11.5 Å². The summed E-state index contributed by atoms with van der Waals surface area (Å²) in [5.74, 6) is -1.56. The number of nitrogens with zero attached hydrogens (tertiary/aromatic N) is 3. The van der Waals surface area contributed by atoms with Gasteiger partial charge in [-0.1, -0.05) is 11.2 Å². The third-order valence-corrected chi connectivity index (χ3v) is 6.18. The number of oxime groups is 1. The highest BCUT2D eigenvalue weighted by molar-refractivity contribution is 7.84. The highest BCUT2D eigenvalue weighted by Gasteiger charge is 2.44. The van der Waals surface area contributed by atoms with Crippen LogP contribution in [0.3, 0.4) is 0 Å². The van der Waals surface area contributed by atoms with E-state index in [2.05, 4.69) is 15.4 Å². The number of rotatable bonds is 9. The highest BCUT2D eigenvalue weighted by atomic mass is 32.2. The van der Waals surface area contributed by atoms with Crippen LogP contribution in [0.5, 0.6) is 0 Å². The monoisotopic (exact) mass is 446 g/mol. The zero-order valence-corrected chi connectivity index (χ0v) is 17.2. The van der Waals surface area contributed by atoms with E-state index < -0.39 is 28.2 Å². The van der Waals surface area contributed by atoms with Gasteiger partial charge in [-0.05, 0) is 17.9 Å². The summed E-state index contributed by atoms with van der Waals surface area (Å²) in [4.78, 5) is 32.4. The maximum absolute atomic E-state index is 12.5. The van der Waals surface area contributed by atoms with Gasteiger partial charge in [0, 0.05) is 19.6 Å². The second kappa shape index (κ2) is 9.63. The molecule has 2 fully saturated rings. The minimum absolute atomic E-state index is 0.00415. The standard InChI is InChI=1S/C16H22N4O7S2/c21-15(17-12-11-20(16(12)22)29(23,24)25)14(13-3-1-10-28-13)18-27-7-2-4-19-5-8-26-9-6-19/h1,3,10,12H,2,4-9,11H2,(H,17,21)(H,23,24,25)/b18-14-. The van der Waals surface area contributed by atoms with Crippen LogP contribution in [-0.2, 0) is 29.5 Å². The molecule has 13 heteroatoms. The first-order valence-electron chi connectivity index (χ1n) is 9.00. The van der Waals surface area contributed by atoms with Crippen molar-refractivity contribution in [3.63, 3.8) is 0 Å². The van der Waals surface area contributed by atoms with Gasteiger partial charge >= 0.3 is 10.3 Å². The molecule has 11 nitrogen and oxygen atoms in total. The Balaban J connectivity index is 1.52. The molecule has 160 valence electrons. The lowest BCUT2D eigenvalue weighted by molar-refractivity contribution is -0.139. The summed E-state index contributed by atoms with van der Waals surface area (Å²) in [6.45, 7) is 4.01. The fraction of sp³-hybridized carbons (Fsp3) is 0.562. The minimum atomic E-state index is -4.61. The van der Waals surface area contributed by atoms with Crippen LogP contribution in [0.25, 0.3) is 0 Å². The molecule has 2 saturated heterocycles. The van der Waals surface area contributed by atoms with E-state index in [9.17, 15) is 18.0 Å². The topological polar surface area (TPSA) is 138 Å². The molecule has 0 saturated carbocycles. The number of hydrogen-bond acceptors (Lipinski definition) is 9. The molecule has 3 rings (SSSR count). The van der Waals surface area contributed by atoms with E-state index in [-0.39, 0.29) is 16.6 Å². The van der Waals surface area contributed by atoms with E-state index in [1.165, 1.54) is 11.3 Å². The molecule has 0 bridgehead atoms. The Hall–Kier alpha value is -2.06. The number of thiophene rings is 1. The summed E-state index contributed by atoms with van der Waals surface area (Å²) in [5.41, 5.74) is 0.00415. The largest absolute Gasteiger partial charge is 0.395 e. The summed E-state index contributed by atoms with van der Waals surface area (Å²) in [7, 11) is -4.61. The highest BCUT2D eigenvalue weighted by Crippen LogP contribution is 2.16. The van der Waals surface area contributed by atoms with Crippen molar-refractivity contribution in [2.45, 2.75) is 12.5 Å². The van der Waals surface area contributed by atoms with Crippen LogP contribution in [0.15, 0.2) is 22.7 Å². The summed E-state index contributed by atoms with van der Waals surface area (Å²) < 4.78 is 36.4. The predicted molar refractivity (Wildman–Crippen MR) is 104 cm³/mol. The maximum atomic E-state index is 12.5. The Kier molecular flexibility index (Phi) is 7.18. The number of carbonyl (C=O) groups is 2. The van der Waals surface area contributed by atoms with E-state index in [1.54, 1.807) is 17.5 Å². The molecule has 2 amide bonds. The first kappa shape index (κ1) is 21.6. The molecule has 2 aliphatic rings. The lowest BCUT2D eigenvalue weighted by atomic mass is 10.1. The van der Waals surface area contributed by atoms with Gasteiger partial charge in [0.2, 0.25) is 0 Å². The van der Waals surface area contributed by atoms with Crippen LogP contribution in [0.4, 0.5) is 0 Å². The molecule has 2 N–H and O–H groups in total. The number of hydrogen-bond donors (Lipinski definition) is 2. The van der Waals surface area contributed by atoms with Gasteiger partial charge in [-0.25, -0.2) is 4.31 Å². The van der Waals surface area contributed by atoms with Crippen LogP contribution in [-0.4, -0.2) is 91.7 Å². The predicted octanol–water partition coefficient (Wildman–Crippen LogP) is -0.679. The molecule has 1 aromatic heterocycles. The van der Waals surface area contributed by atoms with Gasteiger partial charge in [-0.3, -0.25) is 19.0 Å².